The summed E-state index contributed by atoms with van der Waals surface area (Å²) in [6.07, 6.45) is 0. The normalized spacial score (nSPS) is 15.8. The van der Waals surface area contributed by atoms with Crippen molar-refractivity contribution in [1.82, 2.24) is 9.97 Å². The van der Waals surface area contributed by atoms with Crippen LogP contribution in [0.15, 0.2) is 24.3 Å². The Kier molecular flexibility index (Phi) is 13.8. The molecule has 0 unspecified atom stereocenters. The maximum Gasteiger partial charge on any atom is 0.215 e. The lowest BCUT2D eigenvalue weighted by Crippen LogP contribution is -2.36. The van der Waals surface area contributed by atoms with E-state index in [4.69, 9.17) is 15.2 Å². The van der Waals surface area contributed by atoms with Gasteiger partial charge in [0.25, 0.3) is 0 Å². The molecule has 0 aliphatic carbocycles. The minimum atomic E-state index is -0.418. The van der Waals surface area contributed by atoms with E-state index in [1.165, 1.54) is 9.64 Å². The molecule has 2 fully saturated rings. The van der Waals surface area contributed by atoms with Crippen LogP contribution < -0.4 is 20.9 Å². The molecule has 0 bridgehead atoms. The Morgan fingerprint density at radius 3 is 1.69 bits per heavy atom. The standard InChI is InChI=1S/C12H18IN3O.C9H10FIN2O.C3H9N/c1-9(2)14-11-7-10(13)8-12(15-11)16-3-5-17-6-4-16;10-8-5-7(11)6-9(12-8)13-1-3-14-4-2-13;1-3(2)4/h7-9H,3-6H2,1-2H3,(H,14,15);5-6H,1-4H2;3H,4H2,1-2H3. The summed E-state index contributed by atoms with van der Waals surface area (Å²) < 4.78 is 25.7. The molecular weight excluding hydrogens is 677 g/mol. The van der Waals surface area contributed by atoms with Crippen molar-refractivity contribution in [3.63, 3.8) is 0 Å². The monoisotopic (exact) mass is 714 g/mol. The molecule has 4 rings (SSSR count). The molecule has 0 spiro atoms. The summed E-state index contributed by atoms with van der Waals surface area (Å²) in [7, 11) is 0. The number of hydrogen-bond donors (Lipinski definition) is 2. The molecule has 8 nitrogen and oxygen atoms in total. The van der Waals surface area contributed by atoms with Crippen molar-refractivity contribution in [1.29, 1.82) is 0 Å². The van der Waals surface area contributed by atoms with Crippen LogP contribution >= 0.6 is 45.2 Å². The second-order valence-electron chi connectivity index (χ2n) is 8.74. The lowest BCUT2D eigenvalue weighted by atomic mass is 10.3. The second kappa shape index (κ2) is 15.9. The summed E-state index contributed by atoms with van der Waals surface area (Å²) in [6, 6.07) is 8.24. The summed E-state index contributed by atoms with van der Waals surface area (Å²) in [6.45, 7) is 14.5. The Balaban J connectivity index is 0.000000217. The predicted molar refractivity (Wildman–Crippen MR) is 158 cm³/mol. The fourth-order valence-electron chi connectivity index (χ4n) is 3.21. The van der Waals surface area contributed by atoms with E-state index in [1.807, 2.05) is 24.8 Å². The van der Waals surface area contributed by atoms with Crippen molar-refractivity contribution < 1.29 is 13.9 Å². The van der Waals surface area contributed by atoms with Gasteiger partial charge in [-0.25, -0.2) is 9.97 Å². The maximum absolute atomic E-state index is 13.0. The highest BCUT2D eigenvalue weighted by molar-refractivity contribution is 14.1. The van der Waals surface area contributed by atoms with Crippen LogP contribution in [0.3, 0.4) is 0 Å². The van der Waals surface area contributed by atoms with Crippen LogP contribution in [0.25, 0.3) is 0 Å². The van der Waals surface area contributed by atoms with E-state index in [2.05, 4.69) is 91.3 Å². The Labute approximate surface area is 235 Å². The van der Waals surface area contributed by atoms with Crippen molar-refractivity contribution in [2.24, 2.45) is 5.73 Å². The van der Waals surface area contributed by atoms with Gasteiger partial charge in [0.2, 0.25) is 5.95 Å². The molecule has 4 heterocycles. The Morgan fingerprint density at radius 2 is 1.26 bits per heavy atom. The zero-order valence-corrected chi connectivity index (χ0v) is 25.3. The second-order valence-corrected chi connectivity index (χ2v) is 11.2. The van der Waals surface area contributed by atoms with Gasteiger partial charge in [0.05, 0.1) is 26.4 Å². The van der Waals surface area contributed by atoms with Crippen LogP contribution in [0.2, 0.25) is 0 Å². The van der Waals surface area contributed by atoms with Crippen molar-refractivity contribution in [3.8, 4) is 0 Å². The van der Waals surface area contributed by atoms with Crippen LogP contribution in [-0.4, -0.2) is 74.7 Å². The number of anilines is 3. The average molecular weight is 714 g/mol. The van der Waals surface area contributed by atoms with E-state index in [-0.39, 0.29) is 0 Å². The molecule has 2 aliphatic heterocycles. The smallest absolute Gasteiger partial charge is 0.215 e. The average Bonchev–Trinajstić information content (AvgIpc) is 2.79. The highest BCUT2D eigenvalue weighted by Gasteiger charge is 2.14. The van der Waals surface area contributed by atoms with Gasteiger partial charge in [0, 0.05) is 45.4 Å². The molecule has 0 atom stereocenters. The minimum absolute atomic E-state index is 0.333. The number of halogens is 3. The van der Waals surface area contributed by atoms with Gasteiger partial charge in [-0.15, -0.1) is 0 Å². The summed E-state index contributed by atoms with van der Waals surface area (Å²) >= 11 is 4.43. The lowest BCUT2D eigenvalue weighted by molar-refractivity contribution is 0.122. The van der Waals surface area contributed by atoms with Crippen molar-refractivity contribution >= 4 is 62.6 Å². The number of pyridine rings is 2. The van der Waals surface area contributed by atoms with E-state index in [0.717, 1.165) is 54.6 Å². The largest absolute Gasteiger partial charge is 0.378 e. The Morgan fingerprint density at radius 1 is 0.829 bits per heavy atom. The molecule has 35 heavy (non-hydrogen) atoms. The molecule has 0 radical (unpaired) electrons. The molecule has 3 N–H and O–H groups in total. The highest BCUT2D eigenvalue weighted by Crippen LogP contribution is 2.21. The SMILES string of the molecule is CC(C)N.CC(C)Nc1cc(I)cc(N2CCOCC2)n1.Fc1cc(I)cc(N2CCOCC2)n1. The number of ether oxygens (including phenoxy) is 2. The zero-order valence-electron chi connectivity index (χ0n) is 20.9. The van der Waals surface area contributed by atoms with Crippen molar-refractivity contribution in [3.05, 3.63) is 37.4 Å². The van der Waals surface area contributed by atoms with E-state index < -0.39 is 5.95 Å². The quantitative estimate of drug-likeness (QED) is 0.357. The number of nitrogens with two attached hydrogens (primary N) is 1. The molecule has 2 saturated heterocycles. The van der Waals surface area contributed by atoms with E-state index in [9.17, 15) is 4.39 Å². The minimum Gasteiger partial charge on any atom is -0.378 e. The van der Waals surface area contributed by atoms with Gasteiger partial charge in [-0.05, 0) is 83.3 Å². The number of rotatable bonds is 4. The van der Waals surface area contributed by atoms with Crippen LogP contribution in [0.5, 0.6) is 0 Å². The van der Waals surface area contributed by atoms with Gasteiger partial charge in [-0.2, -0.15) is 4.39 Å². The van der Waals surface area contributed by atoms with Crippen molar-refractivity contribution in [2.45, 2.75) is 39.8 Å². The first-order valence-corrected chi connectivity index (χ1v) is 14.0. The van der Waals surface area contributed by atoms with Gasteiger partial charge in [0.15, 0.2) is 0 Å². The van der Waals surface area contributed by atoms with Crippen molar-refractivity contribution in [2.75, 3.05) is 67.7 Å². The van der Waals surface area contributed by atoms with E-state index >= 15 is 0 Å². The lowest BCUT2D eigenvalue weighted by Gasteiger charge is -2.28. The first-order chi connectivity index (χ1) is 16.6. The summed E-state index contributed by atoms with van der Waals surface area (Å²) in [5.74, 6) is 2.29. The van der Waals surface area contributed by atoms with Gasteiger partial charge in [-0.3, -0.25) is 0 Å². The summed E-state index contributed by atoms with van der Waals surface area (Å²) in [5, 5.41) is 3.35. The molecule has 0 saturated carbocycles. The molecular formula is C24H37FI2N6O2. The topological polar surface area (TPSA) is 88.8 Å². The van der Waals surface area contributed by atoms with Gasteiger partial charge in [-0.1, -0.05) is 13.8 Å². The molecule has 0 amide bonds. The Bertz CT molecular complexity index is 871. The molecule has 2 aliphatic rings. The zero-order chi connectivity index (χ0) is 25.8. The first-order valence-electron chi connectivity index (χ1n) is 11.8. The van der Waals surface area contributed by atoms with Crippen LogP contribution in [0, 0.1) is 13.1 Å². The third-order valence-electron chi connectivity index (χ3n) is 4.63. The molecule has 196 valence electrons. The van der Waals surface area contributed by atoms with Crippen LogP contribution in [0.4, 0.5) is 21.8 Å². The first kappa shape index (κ1) is 30.2. The van der Waals surface area contributed by atoms with Gasteiger partial charge in [0.1, 0.15) is 17.5 Å². The fraction of sp³-hybridized carbons (Fsp3) is 0.583. The van der Waals surface area contributed by atoms with Gasteiger partial charge >= 0.3 is 0 Å². The third kappa shape index (κ3) is 12.2. The van der Waals surface area contributed by atoms with Crippen LogP contribution in [-0.2, 0) is 9.47 Å². The number of aromatic nitrogens is 2. The number of nitrogens with one attached hydrogen (secondary N) is 1. The Hall–Kier alpha value is -1.03. The number of hydrogen-bond acceptors (Lipinski definition) is 8. The molecule has 2 aromatic rings. The highest BCUT2D eigenvalue weighted by atomic mass is 127. The number of nitrogens with zero attached hydrogens (tertiary/aromatic N) is 4. The molecule has 2 aromatic heterocycles. The summed E-state index contributed by atoms with van der Waals surface area (Å²) in [5.41, 5.74) is 5.11. The van der Waals surface area contributed by atoms with Crippen LogP contribution in [0.1, 0.15) is 27.7 Å². The fourth-order valence-corrected chi connectivity index (χ4v) is 4.32. The summed E-state index contributed by atoms with van der Waals surface area (Å²) in [4.78, 5) is 12.8. The molecule has 0 aromatic carbocycles. The third-order valence-corrected chi connectivity index (χ3v) is 5.87. The molecule has 11 heteroatoms. The van der Waals surface area contributed by atoms with Gasteiger partial charge < -0.3 is 30.3 Å². The maximum atomic E-state index is 13.0. The van der Waals surface area contributed by atoms with E-state index in [1.54, 1.807) is 0 Å². The predicted octanol–water partition coefficient (Wildman–Crippen LogP) is 4.36. The number of morpholine rings is 2. The van der Waals surface area contributed by atoms with E-state index in [0.29, 0.717) is 31.1 Å².